The largest absolute Gasteiger partial charge is 0.496 e. The molecule has 9 heteroatoms. The summed E-state index contributed by atoms with van der Waals surface area (Å²) in [6, 6.07) is 20.7. The number of halogens is 2. The van der Waals surface area contributed by atoms with Crippen LogP contribution in [0.25, 0.3) is 17.1 Å². The third-order valence-corrected chi connectivity index (χ3v) is 6.39. The minimum absolute atomic E-state index is 0.0947. The minimum Gasteiger partial charge on any atom is -0.496 e. The maximum atomic E-state index is 12.6. The van der Waals surface area contributed by atoms with Gasteiger partial charge in [-0.15, -0.1) is 10.2 Å². The van der Waals surface area contributed by atoms with E-state index in [1.165, 1.54) is 11.8 Å². The quantitative estimate of drug-likeness (QED) is 0.303. The molecule has 1 aromatic heterocycles. The fraction of sp³-hybridized carbons (Fsp3) is 0.125. The predicted molar refractivity (Wildman–Crippen MR) is 134 cm³/mol. The van der Waals surface area contributed by atoms with Crippen molar-refractivity contribution in [2.45, 2.75) is 12.1 Å². The molecule has 0 saturated carbocycles. The molecule has 0 saturated heterocycles. The Balaban J connectivity index is 1.65. The zero-order chi connectivity index (χ0) is 23.4. The van der Waals surface area contributed by atoms with E-state index in [1.807, 2.05) is 60.0 Å². The second-order valence-electron chi connectivity index (χ2n) is 7.11. The number of carbonyl (C=O) groups is 1. The Morgan fingerprint density at radius 2 is 1.70 bits per heavy atom. The molecule has 0 aliphatic carbocycles. The lowest BCUT2D eigenvalue weighted by atomic mass is 10.1. The molecule has 1 N–H and O–H groups in total. The fourth-order valence-electron chi connectivity index (χ4n) is 3.22. The number of para-hydroxylation sites is 2. The average molecular weight is 499 g/mol. The molecule has 1 amide bonds. The van der Waals surface area contributed by atoms with Crippen molar-refractivity contribution in [3.8, 4) is 22.8 Å². The number of amides is 1. The lowest BCUT2D eigenvalue weighted by Gasteiger charge is -2.13. The monoisotopic (exact) mass is 498 g/mol. The molecule has 0 aliphatic rings. The van der Waals surface area contributed by atoms with E-state index < -0.39 is 0 Å². The Morgan fingerprint density at radius 1 is 1.00 bits per heavy atom. The lowest BCUT2D eigenvalue weighted by Crippen LogP contribution is -2.15. The summed E-state index contributed by atoms with van der Waals surface area (Å²) in [5.41, 5.74) is 3.20. The van der Waals surface area contributed by atoms with Gasteiger partial charge in [0.25, 0.3) is 0 Å². The van der Waals surface area contributed by atoms with Gasteiger partial charge in [-0.05, 0) is 43.3 Å². The summed E-state index contributed by atoms with van der Waals surface area (Å²) in [6.45, 7) is 2.02. The number of ether oxygens (including phenoxy) is 1. The van der Waals surface area contributed by atoms with Crippen LogP contribution in [0.2, 0.25) is 10.0 Å². The molecule has 1 heterocycles. The molecular formula is C24H20Cl2N4O2S. The number of aromatic nitrogens is 3. The van der Waals surface area contributed by atoms with Gasteiger partial charge in [0.2, 0.25) is 5.91 Å². The molecule has 6 nitrogen and oxygen atoms in total. The summed E-state index contributed by atoms with van der Waals surface area (Å²) in [5, 5.41) is 12.9. The highest BCUT2D eigenvalue weighted by molar-refractivity contribution is 7.99. The van der Waals surface area contributed by atoms with Gasteiger partial charge < -0.3 is 10.1 Å². The van der Waals surface area contributed by atoms with Gasteiger partial charge in [0, 0.05) is 5.69 Å². The Labute approximate surface area is 205 Å². The van der Waals surface area contributed by atoms with Gasteiger partial charge in [-0.3, -0.25) is 9.36 Å². The first-order valence-electron chi connectivity index (χ1n) is 10.0. The van der Waals surface area contributed by atoms with Crippen LogP contribution in [0.5, 0.6) is 5.75 Å². The van der Waals surface area contributed by atoms with Gasteiger partial charge in [0.05, 0.1) is 34.2 Å². The van der Waals surface area contributed by atoms with Gasteiger partial charge in [-0.1, -0.05) is 70.9 Å². The van der Waals surface area contributed by atoms with Crippen LogP contribution in [0.1, 0.15) is 5.56 Å². The summed E-state index contributed by atoms with van der Waals surface area (Å²) in [6.07, 6.45) is 0. The van der Waals surface area contributed by atoms with E-state index in [2.05, 4.69) is 15.5 Å². The summed E-state index contributed by atoms with van der Waals surface area (Å²) in [7, 11) is 1.62. The van der Waals surface area contributed by atoms with Crippen LogP contribution in [0.15, 0.2) is 71.9 Å². The highest BCUT2D eigenvalue weighted by Gasteiger charge is 2.20. The van der Waals surface area contributed by atoms with Gasteiger partial charge in [-0.25, -0.2) is 0 Å². The van der Waals surface area contributed by atoms with Crippen molar-refractivity contribution in [1.29, 1.82) is 0 Å². The summed E-state index contributed by atoms with van der Waals surface area (Å²) in [5.74, 6) is 1.14. The summed E-state index contributed by atoms with van der Waals surface area (Å²) >= 11 is 13.6. The van der Waals surface area contributed by atoms with Crippen molar-refractivity contribution in [1.82, 2.24) is 14.8 Å². The Morgan fingerprint density at radius 3 is 2.39 bits per heavy atom. The van der Waals surface area contributed by atoms with Gasteiger partial charge in [-0.2, -0.15) is 0 Å². The van der Waals surface area contributed by atoms with Crippen LogP contribution >= 0.6 is 35.0 Å². The number of aryl methyl sites for hydroxylation is 1. The van der Waals surface area contributed by atoms with Crippen molar-refractivity contribution in [3.63, 3.8) is 0 Å². The zero-order valence-electron chi connectivity index (χ0n) is 17.9. The van der Waals surface area contributed by atoms with Crippen LogP contribution in [0.4, 0.5) is 5.69 Å². The molecule has 4 rings (SSSR count). The van der Waals surface area contributed by atoms with Crippen molar-refractivity contribution < 1.29 is 9.53 Å². The number of hydrogen-bond donors (Lipinski definition) is 1. The number of nitrogens with one attached hydrogen (secondary N) is 1. The number of anilines is 1. The number of hydrogen-bond acceptors (Lipinski definition) is 5. The predicted octanol–water partition coefficient (Wildman–Crippen LogP) is 6.29. The standard InChI is InChI=1S/C24H20Cl2N4O2S/c1-15-10-12-16(13-11-15)30-23(17-6-3-4-9-20(17)32-2)28-29-24(30)33-14-21(31)27-22-18(25)7-5-8-19(22)26/h3-13H,14H2,1-2H3,(H,27,31). The molecule has 3 aromatic carbocycles. The number of thioether (sulfide) groups is 1. The van der Waals surface area contributed by atoms with Crippen LogP contribution in [0.3, 0.4) is 0 Å². The number of benzene rings is 3. The van der Waals surface area contributed by atoms with Crippen LogP contribution in [-0.4, -0.2) is 33.5 Å². The highest BCUT2D eigenvalue weighted by Crippen LogP contribution is 2.34. The molecule has 0 bridgehead atoms. The molecule has 0 fully saturated rings. The lowest BCUT2D eigenvalue weighted by molar-refractivity contribution is -0.113. The minimum atomic E-state index is -0.257. The van der Waals surface area contributed by atoms with E-state index in [-0.39, 0.29) is 11.7 Å². The second-order valence-corrected chi connectivity index (χ2v) is 8.87. The SMILES string of the molecule is COc1ccccc1-c1nnc(SCC(=O)Nc2c(Cl)cccc2Cl)n1-c1ccc(C)cc1. The third-order valence-electron chi connectivity index (χ3n) is 4.83. The molecule has 0 unspecified atom stereocenters. The second kappa shape index (κ2) is 10.3. The molecule has 4 aromatic rings. The maximum Gasteiger partial charge on any atom is 0.234 e. The first-order chi connectivity index (χ1) is 16.0. The number of rotatable bonds is 7. The summed E-state index contributed by atoms with van der Waals surface area (Å²) in [4.78, 5) is 12.6. The van der Waals surface area contributed by atoms with Crippen LogP contribution < -0.4 is 10.1 Å². The first kappa shape index (κ1) is 23.2. The van der Waals surface area contributed by atoms with Gasteiger partial charge >= 0.3 is 0 Å². The molecular weight excluding hydrogens is 479 g/mol. The topological polar surface area (TPSA) is 69.0 Å². The van der Waals surface area contributed by atoms with Gasteiger partial charge in [0.15, 0.2) is 11.0 Å². The summed E-state index contributed by atoms with van der Waals surface area (Å²) < 4.78 is 7.44. The molecule has 0 spiro atoms. The molecule has 0 aliphatic heterocycles. The molecule has 33 heavy (non-hydrogen) atoms. The Bertz CT molecular complexity index is 1270. The maximum absolute atomic E-state index is 12.6. The number of methoxy groups -OCH3 is 1. The highest BCUT2D eigenvalue weighted by atomic mass is 35.5. The fourth-order valence-corrected chi connectivity index (χ4v) is 4.46. The first-order valence-corrected chi connectivity index (χ1v) is 11.7. The third kappa shape index (κ3) is 5.16. The van der Waals surface area contributed by atoms with Crippen molar-refractivity contribution in [3.05, 3.63) is 82.3 Å². The van der Waals surface area contributed by atoms with Crippen molar-refractivity contribution >= 4 is 46.6 Å². The zero-order valence-corrected chi connectivity index (χ0v) is 20.2. The Hall–Kier alpha value is -3.00. The smallest absolute Gasteiger partial charge is 0.234 e. The van der Waals surface area contributed by atoms with E-state index in [9.17, 15) is 4.79 Å². The molecule has 0 atom stereocenters. The van der Waals surface area contributed by atoms with Crippen LogP contribution in [-0.2, 0) is 4.79 Å². The van der Waals surface area contributed by atoms with Crippen molar-refractivity contribution in [2.75, 3.05) is 18.2 Å². The molecule has 168 valence electrons. The Kier molecular flexibility index (Phi) is 7.23. The van der Waals surface area contributed by atoms with E-state index in [1.54, 1.807) is 25.3 Å². The van der Waals surface area contributed by atoms with Gasteiger partial charge in [0.1, 0.15) is 5.75 Å². The number of carbonyl (C=O) groups excluding carboxylic acids is 1. The van der Waals surface area contributed by atoms with Crippen LogP contribution in [0, 0.1) is 6.92 Å². The number of nitrogens with zero attached hydrogens (tertiary/aromatic N) is 3. The van der Waals surface area contributed by atoms with E-state index in [4.69, 9.17) is 27.9 Å². The van der Waals surface area contributed by atoms with E-state index >= 15 is 0 Å². The average Bonchev–Trinajstić information content (AvgIpc) is 3.24. The van der Waals surface area contributed by atoms with Crippen molar-refractivity contribution in [2.24, 2.45) is 0 Å². The van der Waals surface area contributed by atoms with E-state index in [0.29, 0.717) is 32.5 Å². The molecule has 0 radical (unpaired) electrons. The normalized spacial score (nSPS) is 10.8. The van der Waals surface area contributed by atoms with E-state index in [0.717, 1.165) is 16.8 Å².